The largest absolute Gasteiger partial charge is 0.374 e. The van der Waals surface area contributed by atoms with Crippen molar-refractivity contribution in [2.24, 2.45) is 0 Å². The summed E-state index contributed by atoms with van der Waals surface area (Å²) in [7, 11) is 2.09. The van der Waals surface area contributed by atoms with Crippen LogP contribution < -0.4 is 5.69 Å². The molecule has 0 aliphatic carbocycles. The molecule has 1 unspecified atom stereocenters. The summed E-state index contributed by atoms with van der Waals surface area (Å²) in [5.74, 6) is 0. The van der Waals surface area contributed by atoms with Gasteiger partial charge in [-0.1, -0.05) is 12.1 Å². The summed E-state index contributed by atoms with van der Waals surface area (Å²) in [4.78, 5) is 14.8. The molecule has 108 valence electrons. The molecule has 0 N–H and O–H groups in total. The van der Waals surface area contributed by atoms with Crippen molar-refractivity contribution in [1.82, 2.24) is 14.0 Å². The summed E-state index contributed by atoms with van der Waals surface area (Å²) < 4.78 is 9.46. The molecule has 1 aromatic carbocycles. The van der Waals surface area contributed by atoms with Gasteiger partial charge in [-0.3, -0.25) is 9.13 Å². The van der Waals surface area contributed by atoms with Gasteiger partial charge in [0.1, 0.15) is 0 Å². The van der Waals surface area contributed by atoms with E-state index in [0.717, 1.165) is 30.7 Å². The highest BCUT2D eigenvalue weighted by atomic mass is 16.5. The third-order valence-corrected chi connectivity index (χ3v) is 3.97. The van der Waals surface area contributed by atoms with E-state index in [0.29, 0.717) is 13.1 Å². The fraction of sp³-hybridized carbons (Fsp3) is 0.533. The minimum atomic E-state index is 0.0607. The Bertz CT molecular complexity index is 659. The van der Waals surface area contributed by atoms with E-state index in [1.54, 1.807) is 0 Å². The smallest absolute Gasteiger partial charge is 0.329 e. The molecule has 1 aliphatic rings. The molecule has 20 heavy (non-hydrogen) atoms. The van der Waals surface area contributed by atoms with Gasteiger partial charge in [0.25, 0.3) is 0 Å². The molecule has 1 saturated heterocycles. The number of rotatable bonds is 3. The van der Waals surface area contributed by atoms with E-state index >= 15 is 0 Å². The Labute approximate surface area is 118 Å². The monoisotopic (exact) mass is 275 g/mol. The van der Waals surface area contributed by atoms with Crippen LogP contribution in [0.15, 0.2) is 29.1 Å². The number of aryl methyl sites for hydroxylation is 1. The number of hydrogen-bond donors (Lipinski definition) is 0. The Hall–Kier alpha value is -1.59. The highest BCUT2D eigenvalue weighted by molar-refractivity contribution is 5.75. The number of imidazole rings is 1. The number of likely N-dealkylation sites (N-methyl/N-ethyl adjacent to an activating group) is 1. The van der Waals surface area contributed by atoms with Gasteiger partial charge in [0.15, 0.2) is 0 Å². The van der Waals surface area contributed by atoms with Gasteiger partial charge in [-0.2, -0.15) is 0 Å². The topological polar surface area (TPSA) is 39.4 Å². The van der Waals surface area contributed by atoms with Crippen LogP contribution in [0.1, 0.15) is 6.92 Å². The average Bonchev–Trinajstić information content (AvgIpc) is 2.72. The van der Waals surface area contributed by atoms with Crippen LogP contribution in [0, 0.1) is 0 Å². The van der Waals surface area contributed by atoms with Crippen LogP contribution in [0.2, 0.25) is 0 Å². The van der Waals surface area contributed by atoms with E-state index in [4.69, 9.17) is 4.74 Å². The molecule has 0 radical (unpaired) electrons. The third-order valence-electron chi connectivity index (χ3n) is 3.97. The lowest BCUT2D eigenvalue weighted by atomic mass is 10.2. The van der Waals surface area contributed by atoms with Gasteiger partial charge >= 0.3 is 5.69 Å². The fourth-order valence-corrected chi connectivity index (χ4v) is 2.94. The van der Waals surface area contributed by atoms with E-state index in [1.807, 2.05) is 40.3 Å². The van der Waals surface area contributed by atoms with E-state index in [1.165, 1.54) is 0 Å². The Morgan fingerprint density at radius 1 is 1.25 bits per heavy atom. The Morgan fingerprint density at radius 3 is 2.60 bits per heavy atom. The first-order chi connectivity index (χ1) is 9.70. The molecule has 1 aromatic heterocycles. The van der Waals surface area contributed by atoms with Crippen LogP contribution in [-0.4, -0.2) is 46.9 Å². The van der Waals surface area contributed by atoms with Gasteiger partial charge in [0.2, 0.25) is 0 Å². The van der Waals surface area contributed by atoms with E-state index in [-0.39, 0.29) is 11.8 Å². The molecular formula is C15H21N3O2. The van der Waals surface area contributed by atoms with Crippen molar-refractivity contribution < 1.29 is 4.74 Å². The molecule has 5 heteroatoms. The quantitative estimate of drug-likeness (QED) is 0.843. The van der Waals surface area contributed by atoms with Crippen molar-refractivity contribution >= 4 is 11.0 Å². The second-order valence-corrected chi connectivity index (χ2v) is 5.38. The predicted octanol–water partition coefficient (Wildman–Crippen LogP) is 1.15. The van der Waals surface area contributed by atoms with Gasteiger partial charge in [-0.05, 0) is 26.1 Å². The first-order valence-corrected chi connectivity index (χ1v) is 7.19. The molecule has 0 saturated carbocycles. The lowest BCUT2D eigenvalue weighted by Gasteiger charge is -2.30. The molecule has 2 heterocycles. The lowest BCUT2D eigenvalue weighted by molar-refractivity contribution is -0.0274. The second kappa shape index (κ2) is 5.42. The van der Waals surface area contributed by atoms with Gasteiger partial charge in [0, 0.05) is 19.6 Å². The van der Waals surface area contributed by atoms with Crippen LogP contribution in [0.25, 0.3) is 11.0 Å². The number of hydrogen-bond acceptors (Lipinski definition) is 3. The average molecular weight is 275 g/mol. The maximum Gasteiger partial charge on any atom is 0.329 e. The van der Waals surface area contributed by atoms with E-state index in [2.05, 4.69) is 11.9 Å². The van der Waals surface area contributed by atoms with Crippen molar-refractivity contribution in [1.29, 1.82) is 0 Å². The van der Waals surface area contributed by atoms with Crippen LogP contribution in [0.4, 0.5) is 0 Å². The SMILES string of the molecule is CCn1c(=O)n(CC2CN(C)CCO2)c2ccccc21. The zero-order chi connectivity index (χ0) is 14.1. The number of morpholine rings is 1. The predicted molar refractivity (Wildman–Crippen MR) is 79.1 cm³/mol. The van der Waals surface area contributed by atoms with Gasteiger partial charge in [0.05, 0.1) is 30.3 Å². The van der Waals surface area contributed by atoms with Crippen molar-refractivity contribution in [3.63, 3.8) is 0 Å². The normalized spacial score (nSPS) is 20.6. The van der Waals surface area contributed by atoms with Crippen LogP contribution in [0.5, 0.6) is 0 Å². The molecule has 3 rings (SSSR count). The van der Waals surface area contributed by atoms with Crippen LogP contribution >= 0.6 is 0 Å². The molecule has 2 aromatic rings. The maximum atomic E-state index is 12.5. The number of benzene rings is 1. The Balaban J connectivity index is 1.99. The Kier molecular flexibility index (Phi) is 3.63. The second-order valence-electron chi connectivity index (χ2n) is 5.38. The number of nitrogens with zero attached hydrogens (tertiary/aromatic N) is 3. The summed E-state index contributed by atoms with van der Waals surface area (Å²) in [5.41, 5.74) is 2.06. The van der Waals surface area contributed by atoms with Crippen LogP contribution in [0.3, 0.4) is 0 Å². The zero-order valence-electron chi connectivity index (χ0n) is 12.1. The van der Waals surface area contributed by atoms with E-state index in [9.17, 15) is 4.79 Å². The maximum absolute atomic E-state index is 12.5. The first-order valence-electron chi connectivity index (χ1n) is 7.19. The minimum absolute atomic E-state index is 0.0607. The number of fused-ring (bicyclic) bond motifs is 1. The zero-order valence-corrected chi connectivity index (χ0v) is 12.1. The molecule has 1 fully saturated rings. The summed E-state index contributed by atoms with van der Waals surface area (Å²) in [6.07, 6.45) is 0.0857. The van der Waals surface area contributed by atoms with Crippen molar-refractivity contribution in [2.45, 2.75) is 26.1 Å². The lowest BCUT2D eigenvalue weighted by Crippen LogP contribution is -2.43. The number of aromatic nitrogens is 2. The minimum Gasteiger partial charge on any atom is -0.374 e. The summed E-state index contributed by atoms with van der Waals surface area (Å²) in [6, 6.07) is 7.97. The standard InChI is InChI=1S/C15H21N3O2/c1-3-17-13-6-4-5-7-14(13)18(15(17)19)11-12-10-16(2)8-9-20-12/h4-7,12H,3,8-11H2,1-2H3. The highest BCUT2D eigenvalue weighted by Gasteiger charge is 2.21. The Morgan fingerprint density at radius 2 is 1.95 bits per heavy atom. The fourth-order valence-electron chi connectivity index (χ4n) is 2.94. The molecule has 1 aliphatic heterocycles. The van der Waals surface area contributed by atoms with Gasteiger partial charge < -0.3 is 9.64 Å². The molecular weight excluding hydrogens is 254 g/mol. The van der Waals surface area contributed by atoms with Gasteiger partial charge in [-0.25, -0.2) is 4.79 Å². The van der Waals surface area contributed by atoms with Crippen molar-refractivity contribution in [2.75, 3.05) is 26.7 Å². The number of para-hydroxylation sites is 2. The van der Waals surface area contributed by atoms with Crippen molar-refractivity contribution in [3.05, 3.63) is 34.7 Å². The molecule has 5 nitrogen and oxygen atoms in total. The summed E-state index contributed by atoms with van der Waals surface area (Å²) in [5, 5.41) is 0. The van der Waals surface area contributed by atoms with Gasteiger partial charge in [-0.15, -0.1) is 0 Å². The molecule has 0 spiro atoms. The highest BCUT2D eigenvalue weighted by Crippen LogP contribution is 2.14. The van der Waals surface area contributed by atoms with Crippen LogP contribution in [-0.2, 0) is 17.8 Å². The third kappa shape index (κ3) is 2.27. The van der Waals surface area contributed by atoms with E-state index < -0.39 is 0 Å². The summed E-state index contributed by atoms with van der Waals surface area (Å²) >= 11 is 0. The number of ether oxygens (including phenoxy) is 1. The summed E-state index contributed by atoms with van der Waals surface area (Å²) in [6.45, 7) is 5.89. The van der Waals surface area contributed by atoms with Crippen molar-refractivity contribution in [3.8, 4) is 0 Å². The molecule has 0 amide bonds. The first kappa shape index (κ1) is 13.4. The molecule has 0 bridgehead atoms. The molecule has 1 atom stereocenters.